The predicted molar refractivity (Wildman–Crippen MR) is 69.8 cm³/mol. The van der Waals surface area contributed by atoms with Crippen LogP contribution in [0.2, 0.25) is 0 Å². The molecule has 0 atom stereocenters. The minimum atomic E-state index is -0.240. The maximum absolute atomic E-state index is 12.7. The summed E-state index contributed by atoms with van der Waals surface area (Å²) in [5, 5.41) is 7.23. The second-order valence-electron chi connectivity index (χ2n) is 4.65. The van der Waals surface area contributed by atoms with Crippen LogP contribution in [0.1, 0.15) is 12.8 Å². The van der Waals surface area contributed by atoms with Crippen LogP contribution in [0.4, 0.5) is 4.39 Å². The van der Waals surface area contributed by atoms with Crippen LogP contribution in [0, 0.1) is 17.1 Å². The molecule has 0 radical (unpaired) electrons. The number of rotatable bonds is 5. The number of hydrogen-bond donors (Lipinski definition) is 1. The first-order valence-corrected chi connectivity index (χ1v) is 6.39. The van der Waals surface area contributed by atoms with Gasteiger partial charge in [-0.25, -0.2) is 4.39 Å². The number of piperidine rings is 1. The zero-order valence-electron chi connectivity index (χ0n) is 10.4. The Hall–Kier alpha value is -1.42. The second-order valence-corrected chi connectivity index (χ2v) is 4.65. The summed E-state index contributed by atoms with van der Waals surface area (Å²) < 4.78 is 18.3. The van der Waals surface area contributed by atoms with Gasteiger partial charge in [0.2, 0.25) is 0 Å². The van der Waals surface area contributed by atoms with E-state index in [2.05, 4.69) is 4.90 Å². The van der Waals surface area contributed by atoms with Crippen molar-refractivity contribution in [1.29, 1.82) is 5.41 Å². The van der Waals surface area contributed by atoms with Gasteiger partial charge in [0, 0.05) is 6.54 Å². The number of likely N-dealkylation sites (tertiary alicyclic amines) is 1. The Morgan fingerprint density at radius 1 is 1.28 bits per heavy atom. The molecule has 0 aliphatic carbocycles. The fourth-order valence-electron chi connectivity index (χ4n) is 2.17. The molecule has 1 N–H and O–H groups in total. The molecule has 0 bridgehead atoms. The molecule has 1 aliphatic rings. The van der Waals surface area contributed by atoms with Crippen molar-refractivity contribution in [2.75, 3.05) is 26.2 Å². The molecule has 1 aromatic rings. The van der Waals surface area contributed by atoms with Gasteiger partial charge in [0.25, 0.3) is 0 Å². The largest absolute Gasteiger partial charge is 0.492 e. The zero-order chi connectivity index (χ0) is 12.8. The van der Waals surface area contributed by atoms with E-state index in [1.54, 1.807) is 18.3 Å². The van der Waals surface area contributed by atoms with Crippen molar-refractivity contribution in [3.63, 3.8) is 0 Å². The lowest BCUT2D eigenvalue weighted by Gasteiger charge is -2.29. The minimum absolute atomic E-state index is 0.240. The molecule has 1 aromatic carbocycles. The van der Waals surface area contributed by atoms with Gasteiger partial charge in [-0.05, 0) is 62.3 Å². The van der Waals surface area contributed by atoms with Crippen LogP contribution >= 0.6 is 0 Å². The van der Waals surface area contributed by atoms with Gasteiger partial charge in [-0.15, -0.1) is 0 Å². The molecular weight excluding hydrogens is 231 g/mol. The predicted octanol–water partition coefficient (Wildman–Crippen LogP) is 2.57. The van der Waals surface area contributed by atoms with Gasteiger partial charge >= 0.3 is 0 Å². The van der Waals surface area contributed by atoms with Crippen molar-refractivity contribution < 1.29 is 9.13 Å². The Balaban J connectivity index is 1.67. The number of hydrogen-bond acceptors (Lipinski definition) is 3. The lowest BCUT2D eigenvalue weighted by molar-refractivity contribution is 0.172. The van der Waals surface area contributed by atoms with Gasteiger partial charge in [0.05, 0.1) is 0 Å². The Morgan fingerprint density at radius 2 is 1.94 bits per heavy atom. The number of nitrogens with one attached hydrogen (secondary N) is 1. The van der Waals surface area contributed by atoms with Gasteiger partial charge in [-0.3, -0.25) is 4.90 Å². The van der Waals surface area contributed by atoms with E-state index in [9.17, 15) is 4.39 Å². The first kappa shape index (κ1) is 13.0. The fraction of sp³-hybridized carbons (Fsp3) is 0.500. The molecule has 4 heteroatoms. The molecule has 0 unspecified atom stereocenters. The van der Waals surface area contributed by atoms with E-state index in [4.69, 9.17) is 10.1 Å². The quantitative estimate of drug-likeness (QED) is 0.815. The standard InChI is InChI=1S/C14H19FN2O/c15-13-1-3-14(4-2-13)18-10-9-17-7-5-12(11-16)6-8-17/h1-4,11-12,16H,5-10H2. The summed E-state index contributed by atoms with van der Waals surface area (Å²) in [7, 11) is 0. The van der Waals surface area contributed by atoms with Crippen molar-refractivity contribution in [3.05, 3.63) is 30.1 Å². The number of benzene rings is 1. The molecule has 0 spiro atoms. The van der Waals surface area contributed by atoms with Gasteiger partial charge in [-0.2, -0.15) is 0 Å². The van der Waals surface area contributed by atoms with Crippen molar-refractivity contribution in [2.24, 2.45) is 5.92 Å². The van der Waals surface area contributed by atoms with Crippen LogP contribution < -0.4 is 4.74 Å². The molecular formula is C14H19FN2O. The smallest absolute Gasteiger partial charge is 0.123 e. The van der Waals surface area contributed by atoms with Crippen LogP contribution in [-0.4, -0.2) is 37.4 Å². The lowest BCUT2D eigenvalue weighted by atomic mass is 9.98. The number of halogens is 1. The Kier molecular flexibility index (Phi) is 4.70. The van der Waals surface area contributed by atoms with Crippen LogP contribution in [-0.2, 0) is 0 Å². The molecule has 3 nitrogen and oxygen atoms in total. The van der Waals surface area contributed by atoms with Crippen molar-refractivity contribution in [2.45, 2.75) is 12.8 Å². The summed E-state index contributed by atoms with van der Waals surface area (Å²) in [6.07, 6.45) is 3.70. The minimum Gasteiger partial charge on any atom is -0.492 e. The maximum Gasteiger partial charge on any atom is 0.123 e. The highest BCUT2D eigenvalue weighted by Crippen LogP contribution is 2.15. The molecule has 0 amide bonds. The fourth-order valence-corrected chi connectivity index (χ4v) is 2.17. The van der Waals surface area contributed by atoms with Crippen LogP contribution in [0.3, 0.4) is 0 Å². The highest BCUT2D eigenvalue weighted by Gasteiger charge is 2.16. The number of nitrogens with zero attached hydrogens (tertiary/aromatic N) is 1. The average molecular weight is 250 g/mol. The van der Waals surface area contributed by atoms with E-state index in [-0.39, 0.29) is 5.82 Å². The van der Waals surface area contributed by atoms with Crippen molar-refractivity contribution >= 4 is 6.21 Å². The number of ether oxygens (including phenoxy) is 1. The molecule has 98 valence electrons. The molecule has 1 saturated heterocycles. The summed E-state index contributed by atoms with van der Waals surface area (Å²) in [6.45, 7) is 3.59. The first-order valence-electron chi connectivity index (χ1n) is 6.39. The van der Waals surface area contributed by atoms with Crippen LogP contribution in [0.25, 0.3) is 0 Å². The topological polar surface area (TPSA) is 36.3 Å². The highest BCUT2D eigenvalue weighted by atomic mass is 19.1. The Bertz CT molecular complexity index is 372. The van der Waals surface area contributed by atoms with Crippen LogP contribution in [0.15, 0.2) is 24.3 Å². The molecule has 0 aromatic heterocycles. The van der Waals surface area contributed by atoms with E-state index in [0.29, 0.717) is 18.3 Å². The monoisotopic (exact) mass is 250 g/mol. The van der Waals surface area contributed by atoms with E-state index >= 15 is 0 Å². The Morgan fingerprint density at radius 3 is 2.56 bits per heavy atom. The third-order valence-corrected chi connectivity index (χ3v) is 3.36. The van der Waals surface area contributed by atoms with E-state index in [0.717, 1.165) is 32.5 Å². The summed E-state index contributed by atoms with van der Waals surface area (Å²) in [5.74, 6) is 0.932. The van der Waals surface area contributed by atoms with Crippen molar-refractivity contribution in [1.82, 2.24) is 4.90 Å². The molecule has 1 heterocycles. The van der Waals surface area contributed by atoms with Gasteiger partial charge < -0.3 is 10.1 Å². The van der Waals surface area contributed by atoms with E-state index < -0.39 is 0 Å². The van der Waals surface area contributed by atoms with E-state index in [1.807, 2.05) is 0 Å². The zero-order valence-corrected chi connectivity index (χ0v) is 10.4. The third kappa shape index (κ3) is 3.81. The van der Waals surface area contributed by atoms with Gasteiger partial charge in [0.1, 0.15) is 18.2 Å². The summed E-state index contributed by atoms with van der Waals surface area (Å²) in [6, 6.07) is 6.11. The molecule has 1 aliphatic heterocycles. The lowest BCUT2D eigenvalue weighted by Crippen LogP contribution is -2.36. The van der Waals surface area contributed by atoms with Crippen LogP contribution in [0.5, 0.6) is 5.75 Å². The van der Waals surface area contributed by atoms with Crippen molar-refractivity contribution in [3.8, 4) is 5.75 Å². The highest BCUT2D eigenvalue weighted by molar-refractivity contribution is 5.56. The first-order chi connectivity index (χ1) is 8.78. The SMILES string of the molecule is N=CC1CCN(CCOc2ccc(F)cc2)CC1. The summed E-state index contributed by atoms with van der Waals surface area (Å²) in [5.41, 5.74) is 0. The molecule has 1 fully saturated rings. The van der Waals surface area contributed by atoms with Gasteiger partial charge in [0.15, 0.2) is 0 Å². The Labute approximate surface area is 107 Å². The molecule has 0 saturated carbocycles. The average Bonchev–Trinajstić information content (AvgIpc) is 2.42. The normalized spacial score (nSPS) is 17.6. The summed E-state index contributed by atoms with van der Waals surface area (Å²) in [4.78, 5) is 2.35. The van der Waals surface area contributed by atoms with E-state index in [1.165, 1.54) is 12.1 Å². The molecule has 2 rings (SSSR count). The second kappa shape index (κ2) is 6.50. The summed E-state index contributed by atoms with van der Waals surface area (Å²) >= 11 is 0. The molecule has 18 heavy (non-hydrogen) atoms. The van der Waals surface area contributed by atoms with Gasteiger partial charge in [-0.1, -0.05) is 0 Å². The third-order valence-electron chi connectivity index (χ3n) is 3.36. The maximum atomic E-state index is 12.7.